The van der Waals surface area contributed by atoms with Gasteiger partial charge in [0.2, 0.25) is 0 Å². The molecule has 0 aromatic heterocycles. The summed E-state index contributed by atoms with van der Waals surface area (Å²) in [7, 11) is 0. The van der Waals surface area contributed by atoms with E-state index in [1.165, 1.54) is 0 Å². The Morgan fingerprint density at radius 1 is 1.50 bits per heavy atom. The highest BCUT2D eigenvalue weighted by atomic mass is 79.9. The molecule has 0 aliphatic rings. The van der Waals surface area contributed by atoms with Crippen LogP contribution in [0.1, 0.15) is 18.1 Å². The van der Waals surface area contributed by atoms with Crippen LogP contribution >= 0.6 is 15.9 Å². The van der Waals surface area contributed by atoms with Gasteiger partial charge in [-0.1, -0.05) is 15.9 Å². The Morgan fingerprint density at radius 3 is 2.69 bits per heavy atom. The third kappa shape index (κ3) is 3.06. The normalized spacial score (nSPS) is 11.6. The summed E-state index contributed by atoms with van der Waals surface area (Å²) >= 11 is 3.30. The summed E-state index contributed by atoms with van der Waals surface area (Å²) in [6.07, 6.45) is 0. The van der Waals surface area contributed by atoms with Crippen LogP contribution in [0.3, 0.4) is 0 Å². The van der Waals surface area contributed by atoms with Crippen LogP contribution in [-0.2, 0) is 4.79 Å². The number of hydrogen-bond donors (Lipinski definition) is 2. The Labute approximate surface area is 102 Å². The molecule has 16 heavy (non-hydrogen) atoms. The van der Waals surface area contributed by atoms with Crippen molar-refractivity contribution >= 4 is 27.6 Å². The molecule has 0 aliphatic carbocycles. The average molecular weight is 286 g/mol. The molecule has 4 nitrogen and oxygen atoms in total. The summed E-state index contributed by atoms with van der Waals surface area (Å²) in [4.78, 5) is 14.2. The Morgan fingerprint density at radius 2 is 2.12 bits per heavy atom. The molecule has 1 aromatic rings. The summed E-state index contributed by atoms with van der Waals surface area (Å²) in [5.74, 6) is -0.906. The van der Waals surface area contributed by atoms with Gasteiger partial charge in [0.25, 0.3) is 0 Å². The van der Waals surface area contributed by atoms with Gasteiger partial charge in [-0.3, -0.25) is 9.79 Å². The zero-order valence-electron chi connectivity index (χ0n) is 8.99. The number of aliphatic carboxylic acids is 1. The first-order valence-electron chi connectivity index (χ1n) is 4.64. The third-order valence-corrected chi connectivity index (χ3v) is 2.97. The molecule has 0 amide bonds. The molecule has 1 aromatic carbocycles. The molecular weight excluding hydrogens is 274 g/mol. The van der Waals surface area contributed by atoms with Gasteiger partial charge in [-0.25, -0.2) is 0 Å². The minimum absolute atomic E-state index is 0.0871. The standard InChI is InChI=1S/C11H12BrNO3/c1-6-3-8(10(14)4-9(6)12)7(2)13-5-11(15)16/h3-4,14H,5H2,1-2H3,(H,15,16). The maximum atomic E-state index is 10.4. The number of halogens is 1. The SMILES string of the molecule is CC(=NCC(=O)O)c1cc(C)c(Br)cc1O. The zero-order valence-corrected chi connectivity index (χ0v) is 10.6. The minimum Gasteiger partial charge on any atom is -0.507 e. The number of carboxylic acids is 1. The first kappa shape index (κ1) is 12.7. The predicted octanol–water partition coefficient (Wildman–Crippen LogP) is 2.36. The number of aryl methyl sites for hydroxylation is 1. The highest BCUT2D eigenvalue weighted by molar-refractivity contribution is 9.10. The molecule has 1 rings (SSSR count). The summed E-state index contributed by atoms with van der Waals surface area (Å²) in [5, 5.41) is 18.2. The highest BCUT2D eigenvalue weighted by Gasteiger charge is 2.08. The molecule has 0 aliphatic heterocycles. The van der Waals surface area contributed by atoms with Gasteiger partial charge in [-0.15, -0.1) is 0 Å². The van der Waals surface area contributed by atoms with Gasteiger partial charge < -0.3 is 10.2 Å². The molecule has 0 radical (unpaired) electrons. The number of phenolic OH excluding ortho intramolecular Hbond substituents is 1. The Balaban J connectivity index is 3.08. The van der Waals surface area contributed by atoms with Crippen molar-refractivity contribution in [1.82, 2.24) is 0 Å². The number of rotatable bonds is 3. The lowest BCUT2D eigenvalue weighted by molar-refractivity contribution is -0.135. The molecule has 0 saturated carbocycles. The van der Waals surface area contributed by atoms with Gasteiger partial charge in [0.05, 0.1) is 0 Å². The number of hydrogen-bond acceptors (Lipinski definition) is 3. The van der Waals surface area contributed by atoms with E-state index in [9.17, 15) is 9.90 Å². The van der Waals surface area contributed by atoms with E-state index in [1.807, 2.05) is 6.92 Å². The fourth-order valence-corrected chi connectivity index (χ4v) is 1.56. The lowest BCUT2D eigenvalue weighted by Crippen LogP contribution is -2.04. The van der Waals surface area contributed by atoms with Crippen molar-refractivity contribution in [2.75, 3.05) is 6.54 Å². The third-order valence-electron chi connectivity index (χ3n) is 2.12. The predicted molar refractivity (Wildman–Crippen MR) is 65.3 cm³/mol. The fourth-order valence-electron chi connectivity index (χ4n) is 1.23. The van der Waals surface area contributed by atoms with Crippen LogP contribution in [0.2, 0.25) is 0 Å². The van der Waals surface area contributed by atoms with Crippen molar-refractivity contribution in [3.63, 3.8) is 0 Å². The number of aromatic hydroxyl groups is 1. The van der Waals surface area contributed by atoms with Crippen LogP contribution in [0.15, 0.2) is 21.6 Å². The molecule has 0 heterocycles. The number of carbonyl (C=O) groups is 1. The molecule has 0 atom stereocenters. The minimum atomic E-state index is -0.993. The molecule has 86 valence electrons. The van der Waals surface area contributed by atoms with Crippen molar-refractivity contribution in [2.45, 2.75) is 13.8 Å². The summed E-state index contributed by atoms with van der Waals surface area (Å²) < 4.78 is 0.805. The molecule has 0 unspecified atom stereocenters. The second-order valence-electron chi connectivity index (χ2n) is 3.41. The number of phenols is 1. The maximum absolute atomic E-state index is 10.4. The quantitative estimate of drug-likeness (QED) is 0.838. The molecule has 0 fully saturated rings. The maximum Gasteiger partial charge on any atom is 0.325 e. The van der Waals surface area contributed by atoms with Gasteiger partial charge in [-0.2, -0.15) is 0 Å². The largest absolute Gasteiger partial charge is 0.507 e. The molecule has 0 saturated heterocycles. The van der Waals surface area contributed by atoms with E-state index >= 15 is 0 Å². The van der Waals surface area contributed by atoms with Crippen molar-refractivity contribution < 1.29 is 15.0 Å². The Bertz CT molecular complexity index is 455. The van der Waals surface area contributed by atoms with Gasteiger partial charge in [-0.05, 0) is 31.5 Å². The van der Waals surface area contributed by atoms with E-state index in [2.05, 4.69) is 20.9 Å². The van der Waals surface area contributed by atoms with Gasteiger partial charge >= 0.3 is 5.97 Å². The zero-order chi connectivity index (χ0) is 12.3. The lowest BCUT2D eigenvalue weighted by Gasteiger charge is -2.07. The summed E-state index contributed by atoms with van der Waals surface area (Å²) in [6, 6.07) is 3.34. The number of aliphatic imine (C=N–C) groups is 1. The number of nitrogens with zero attached hydrogens (tertiary/aromatic N) is 1. The van der Waals surface area contributed by atoms with E-state index in [0.29, 0.717) is 11.3 Å². The van der Waals surface area contributed by atoms with Crippen LogP contribution in [0.25, 0.3) is 0 Å². The van der Waals surface area contributed by atoms with E-state index in [1.54, 1.807) is 19.1 Å². The smallest absolute Gasteiger partial charge is 0.325 e. The molecule has 5 heteroatoms. The summed E-state index contributed by atoms with van der Waals surface area (Å²) in [5.41, 5.74) is 2.02. The van der Waals surface area contributed by atoms with Crippen molar-refractivity contribution in [3.05, 3.63) is 27.7 Å². The first-order chi connectivity index (χ1) is 7.41. The van der Waals surface area contributed by atoms with Crippen LogP contribution in [0.5, 0.6) is 5.75 Å². The fraction of sp³-hybridized carbons (Fsp3) is 0.273. The van der Waals surface area contributed by atoms with E-state index in [0.717, 1.165) is 10.0 Å². The second-order valence-corrected chi connectivity index (χ2v) is 4.27. The molecule has 0 bridgehead atoms. The van der Waals surface area contributed by atoms with Crippen LogP contribution in [-0.4, -0.2) is 28.4 Å². The van der Waals surface area contributed by atoms with Crippen molar-refractivity contribution in [1.29, 1.82) is 0 Å². The van der Waals surface area contributed by atoms with E-state index in [4.69, 9.17) is 5.11 Å². The number of benzene rings is 1. The van der Waals surface area contributed by atoms with E-state index in [-0.39, 0.29) is 12.3 Å². The monoisotopic (exact) mass is 285 g/mol. The average Bonchev–Trinajstić information content (AvgIpc) is 2.20. The lowest BCUT2D eigenvalue weighted by atomic mass is 10.1. The first-order valence-corrected chi connectivity index (χ1v) is 5.43. The number of carboxylic acid groups (broad SMARTS) is 1. The van der Waals surface area contributed by atoms with Crippen LogP contribution in [0.4, 0.5) is 0 Å². The summed E-state index contributed by atoms with van der Waals surface area (Å²) in [6.45, 7) is 3.27. The van der Waals surface area contributed by atoms with Crippen LogP contribution in [0, 0.1) is 6.92 Å². The van der Waals surface area contributed by atoms with Gasteiger partial charge in [0, 0.05) is 15.7 Å². The van der Waals surface area contributed by atoms with Crippen molar-refractivity contribution in [3.8, 4) is 5.75 Å². The molecular formula is C11H12BrNO3. The topological polar surface area (TPSA) is 69.9 Å². The Hall–Kier alpha value is -1.36. The van der Waals surface area contributed by atoms with Crippen molar-refractivity contribution in [2.24, 2.45) is 4.99 Å². The second kappa shape index (κ2) is 5.12. The van der Waals surface area contributed by atoms with E-state index < -0.39 is 5.97 Å². The molecule has 0 spiro atoms. The van der Waals surface area contributed by atoms with Gasteiger partial charge in [0.15, 0.2) is 0 Å². The van der Waals surface area contributed by atoms with Gasteiger partial charge in [0.1, 0.15) is 12.3 Å². The Kier molecular flexibility index (Phi) is 4.06. The van der Waals surface area contributed by atoms with Crippen LogP contribution < -0.4 is 0 Å². The molecule has 2 N–H and O–H groups in total. The highest BCUT2D eigenvalue weighted by Crippen LogP contribution is 2.26.